The van der Waals surface area contributed by atoms with Crippen molar-refractivity contribution in [1.82, 2.24) is 18.7 Å². The molecule has 0 unspecified atom stereocenters. The smallest absolute Gasteiger partial charge is 0.332 e. The fourth-order valence-electron chi connectivity index (χ4n) is 4.48. The third-order valence-corrected chi connectivity index (χ3v) is 6.22. The van der Waals surface area contributed by atoms with Gasteiger partial charge in [0.05, 0.1) is 13.7 Å². The van der Waals surface area contributed by atoms with Gasteiger partial charge in [-0.2, -0.15) is 4.98 Å². The number of aromatic nitrogens is 4. The van der Waals surface area contributed by atoms with Crippen molar-refractivity contribution in [2.24, 2.45) is 13.0 Å². The molecule has 0 saturated heterocycles. The van der Waals surface area contributed by atoms with Crippen molar-refractivity contribution in [3.05, 3.63) is 81.0 Å². The number of aryl methyl sites for hydroxylation is 1. The molecule has 0 N–H and O–H groups in total. The van der Waals surface area contributed by atoms with Gasteiger partial charge in [-0.05, 0) is 30.2 Å². The third kappa shape index (κ3) is 3.49. The van der Waals surface area contributed by atoms with Crippen LogP contribution in [0.2, 0.25) is 0 Å². The van der Waals surface area contributed by atoms with E-state index in [0.29, 0.717) is 35.8 Å². The summed E-state index contributed by atoms with van der Waals surface area (Å²) >= 11 is 0. The van der Waals surface area contributed by atoms with Crippen LogP contribution in [0.15, 0.2) is 64.2 Å². The van der Waals surface area contributed by atoms with Crippen molar-refractivity contribution in [3.63, 3.8) is 0 Å². The second-order valence-electron chi connectivity index (χ2n) is 8.63. The zero-order valence-electron chi connectivity index (χ0n) is 19.3. The van der Waals surface area contributed by atoms with Gasteiger partial charge in [0.2, 0.25) is 5.95 Å². The number of Topliss-reactive ketones (excluding diaryl/α,β-unsaturated/α-hetero) is 1. The zero-order chi connectivity index (χ0) is 24.0. The van der Waals surface area contributed by atoms with E-state index >= 15 is 0 Å². The van der Waals surface area contributed by atoms with Crippen LogP contribution in [-0.4, -0.2) is 38.1 Å². The number of rotatable bonds is 5. The summed E-state index contributed by atoms with van der Waals surface area (Å²) in [5.74, 6) is 1.27. The van der Waals surface area contributed by atoms with Gasteiger partial charge in [0.1, 0.15) is 5.75 Å². The van der Waals surface area contributed by atoms with E-state index in [-0.39, 0.29) is 18.2 Å². The van der Waals surface area contributed by atoms with Gasteiger partial charge in [0.25, 0.3) is 5.56 Å². The van der Waals surface area contributed by atoms with Gasteiger partial charge in [-0.15, -0.1) is 0 Å². The molecule has 34 heavy (non-hydrogen) atoms. The molecule has 0 radical (unpaired) electrons. The number of anilines is 2. The van der Waals surface area contributed by atoms with Crippen LogP contribution in [0, 0.1) is 5.92 Å². The van der Waals surface area contributed by atoms with Gasteiger partial charge in [0, 0.05) is 31.4 Å². The molecule has 4 aromatic rings. The van der Waals surface area contributed by atoms with Gasteiger partial charge in [0.15, 0.2) is 16.9 Å². The van der Waals surface area contributed by atoms with E-state index in [0.717, 1.165) is 16.0 Å². The molecule has 2 aromatic carbocycles. The number of fused-ring (bicyclic) bond motifs is 3. The Hall–Kier alpha value is -4.14. The maximum absolute atomic E-state index is 13.5. The monoisotopic (exact) mass is 459 g/mol. The summed E-state index contributed by atoms with van der Waals surface area (Å²) in [6.45, 7) is 3.07. The molecule has 1 aliphatic rings. The van der Waals surface area contributed by atoms with E-state index in [1.54, 1.807) is 38.4 Å². The molecular formula is C25H25N5O4. The first-order valence-electron chi connectivity index (χ1n) is 11.1. The van der Waals surface area contributed by atoms with Gasteiger partial charge in [-0.1, -0.05) is 37.3 Å². The molecule has 3 heterocycles. The normalized spacial score (nSPS) is 15.4. The molecule has 174 valence electrons. The Morgan fingerprint density at radius 2 is 1.76 bits per heavy atom. The summed E-state index contributed by atoms with van der Waals surface area (Å²) in [6, 6.07) is 16.3. The van der Waals surface area contributed by atoms with Crippen LogP contribution < -0.4 is 20.9 Å². The number of imidazole rings is 1. The van der Waals surface area contributed by atoms with Gasteiger partial charge in [-0.3, -0.25) is 18.7 Å². The predicted molar refractivity (Wildman–Crippen MR) is 129 cm³/mol. The van der Waals surface area contributed by atoms with E-state index in [2.05, 4.69) is 6.92 Å². The Morgan fingerprint density at radius 1 is 1.06 bits per heavy atom. The van der Waals surface area contributed by atoms with Crippen molar-refractivity contribution in [2.75, 3.05) is 18.6 Å². The Kier molecular flexibility index (Phi) is 5.31. The first-order valence-corrected chi connectivity index (χ1v) is 11.1. The Morgan fingerprint density at radius 3 is 2.44 bits per heavy atom. The van der Waals surface area contributed by atoms with Gasteiger partial charge in [-0.25, -0.2) is 4.79 Å². The topological polar surface area (TPSA) is 91.4 Å². The van der Waals surface area contributed by atoms with Crippen molar-refractivity contribution in [1.29, 1.82) is 0 Å². The molecular weight excluding hydrogens is 434 g/mol. The molecule has 0 aliphatic carbocycles. The van der Waals surface area contributed by atoms with Crippen molar-refractivity contribution >= 4 is 28.6 Å². The van der Waals surface area contributed by atoms with Crippen LogP contribution >= 0.6 is 0 Å². The molecule has 5 rings (SSSR count). The second-order valence-corrected chi connectivity index (χ2v) is 8.63. The molecule has 9 heteroatoms. The average molecular weight is 460 g/mol. The number of hydrogen-bond acceptors (Lipinski definition) is 6. The lowest BCUT2D eigenvalue weighted by Crippen LogP contribution is -2.42. The summed E-state index contributed by atoms with van der Waals surface area (Å²) in [4.78, 5) is 46.1. The highest BCUT2D eigenvalue weighted by molar-refractivity contribution is 5.96. The van der Waals surface area contributed by atoms with E-state index in [9.17, 15) is 14.4 Å². The van der Waals surface area contributed by atoms with Crippen LogP contribution in [-0.2, 0) is 20.1 Å². The minimum absolute atomic E-state index is 0.225. The summed E-state index contributed by atoms with van der Waals surface area (Å²) < 4.78 is 9.48. The number of hydrogen-bond donors (Lipinski definition) is 0. The van der Waals surface area contributed by atoms with Gasteiger partial charge >= 0.3 is 5.69 Å². The summed E-state index contributed by atoms with van der Waals surface area (Å²) in [6.07, 6.45) is 0. The largest absolute Gasteiger partial charge is 0.497 e. The van der Waals surface area contributed by atoms with Crippen LogP contribution in [0.1, 0.15) is 17.3 Å². The van der Waals surface area contributed by atoms with E-state index in [1.165, 1.54) is 4.57 Å². The average Bonchev–Trinajstić information content (AvgIpc) is 3.25. The molecule has 1 atom stereocenters. The molecule has 0 bridgehead atoms. The fraction of sp³-hybridized carbons (Fsp3) is 0.280. The van der Waals surface area contributed by atoms with E-state index in [1.807, 2.05) is 39.8 Å². The van der Waals surface area contributed by atoms with Gasteiger partial charge < -0.3 is 14.2 Å². The van der Waals surface area contributed by atoms with Crippen LogP contribution in [0.5, 0.6) is 5.75 Å². The maximum atomic E-state index is 13.5. The third-order valence-electron chi connectivity index (χ3n) is 6.22. The summed E-state index contributed by atoms with van der Waals surface area (Å²) in [5, 5.41) is 0. The highest BCUT2D eigenvalue weighted by Gasteiger charge is 2.30. The zero-order valence-corrected chi connectivity index (χ0v) is 19.3. The van der Waals surface area contributed by atoms with E-state index < -0.39 is 11.2 Å². The Balaban J connectivity index is 1.65. The Labute approximate surface area is 195 Å². The van der Waals surface area contributed by atoms with Crippen molar-refractivity contribution < 1.29 is 9.53 Å². The highest BCUT2D eigenvalue weighted by atomic mass is 16.5. The van der Waals surface area contributed by atoms with Crippen molar-refractivity contribution in [3.8, 4) is 5.75 Å². The number of methoxy groups -OCH3 is 1. The molecule has 0 saturated carbocycles. The highest BCUT2D eigenvalue weighted by Crippen LogP contribution is 2.33. The number of ether oxygens (including phenoxy) is 1. The van der Waals surface area contributed by atoms with Crippen LogP contribution in [0.3, 0.4) is 0 Å². The number of ketones is 1. The molecule has 0 fully saturated rings. The lowest BCUT2D eigenvalue weighted by Gasteiger charge is -2.33. The molecule has 9 nitrogen and oxygen atoms in total. The number of carbonyl (C=O) groups excluding carboxylic acids is 1. The molecule has 0 amide bonds. The predicted octanol–water partition coefficient (Wildman–Crippen LogP) is 2.58. The quantitative estimate of drug-likeness (QED) is 0.426. The van der Waals surface area contributed by atoms with Crippen LogP contribution in [0.25, 0.3) is 11.2 Å². The minimum atomic E-state index is -0.568. The Bertz CT molecular complexity index is 1500. The first-order chi connectivity index (χ1) is 16.4. The lowest BCUT2D eigenvalue weighted by molar-refractivity contribution is 0.0969. The van der Waals surface area contributed by atoms with Crippen LogP contribution in [0.4, 0.5) is 11.6 Å². The standard InChI is InChI=1S/C25H25N5O4/c1-16-13-28(18-9-11-19(34-3)12-10-18)24-26-22-21(29(24)14-16)23(32)30(25(33)27(22)2)15-20(31)17-7-5-4-6-8-17/h4-12,16H,13-15H2,1-3H3/t16-/m0/s1. The second kappa shape index (κ2) is 8.33. The SMILES string of the molecule is COc1ccc(N2C[C@H](C)Cn3c2nc2c3c(=O)n(CC(=O)c3ccccc3)c(=O)n2C)cc1. The number of benzene rings is 2. The maximum Gasteiger partial charge on any atom is 0.332 e. The van der Waals surface area contributed by atoms with E-state index in [4.69, 9.17) is 9.72 Å². The van der Waals surface area contributed by atoms with Crippen molar-refractivity contribution in [2.45, 2.75) is 20.0 Å². The first kappa shape index (κ1) is 21.7. The number of nitrogens with zero attached hydrogens (tertiary/aromatic N) is 5. The fourth-order valence-corrected chi connectivity index (χ4v) is 4.48. The molecule has 0 spiro atoms. The minimum Gasteiger partial charge on any atom is -0.497 e. The summed E-state index contributed by atoms with van der Waals surface area (Å²) in [5.41, 5.74) is 0.912. The molecule has 2 aromatic heterocycles. The summed E-state index contributed by atoms with van der Waals surface area (Å²) in [7, 11) is 3.19. The molecule has 1 aliphatic heterocycles. The lowest BCUT2D eigenvalue weighted by atomic mass is 10.1. The number of carbonyl (C=O) groups is 1.